The number of rotatable bonds is 5. The summed E-state index contributed by atoms with van der Waals surface area (Å²) in [7, 11) is 0. The molecule has 0 radical (unpaired) electrons. The van der Waals surface area contributed by atoms with Gasteiger partial charge >= 0.3 is 6.09 Å². The fourth-order valence-corrected chi connectivity index (χ4v) is 4.31. The third-order valence-corrected chi connectivity index (χ3v) is 5.79. The monoisotopic (exact) mass is 440 g/mol. The first kappa shape index (κ1) is 23.6. The van der Waals surface area contributed by atoms with Gasteiger partial charge in [0.1, 0.15) is 11.6 Å². The molecule has 1 aromatic rings. The first-order valence-corrected chi connectivity index (χ1v) is 11.2. The van der Waals surface area contributed by atoms with Crippen molar-refractivity contribution >= 4 is 17.9 Å². The standard InChI is InChI=1S/C24H32N4O4/c1-24(2,3)32-23(31)26-14-19-8-5-11-27(15-19)22(30)20-9-10-21(29)28(20)16-18-7-4-6-17(12-18)13-25/h4,6-7,12,19-20H,5,8-11,14-16H2,1-3H3,(H,26,31)/t19-,20+/m1/s1. The van der Waals surface area contributed by atoms with Crippen molar-refractivity contribution in [2.24, 2.45) is 5.92 Å². The van der Waals surface area contributed by atoms with Crippen LogP contribution in [0.3, 0.4) is 0 Å². The summed E-state index contributed by atoms with van der Waals surface area (Å²) in [5, 5.41) is 11.9. The lowest BCUT2D eigenvalue weighted by Gasteiger charge is -2.36. The zero-order valence-electron chi connectivity index (χ0n) is 19.1. The van der Waals surface area contributed by atoms with Gasteiger partial charge in [0.2, 0.25) is 11.8 Å². The SMILES string of the molecule is CC(C)(C)OC(=O)NC[C@H]1CCCN(C(=O)[C@@H]2CCC(=O)N2Cc2cccc(C#N)c2)C1. The van der Waals surface area contributed by atoms with Gasteiger partial charge in [-0.2, -0.15) is 5.26 Å². The highest BCUT2D eigenvalue weighted by molar-refractivity contribution is 5.91. The Bertz CT molecular complexity index is 902. The largest absolute Gasteiger partial charge is 0.444 e. The molecule has 2 fully saturated rings. The van der Waals surface area contributed by atoms with Crippen molar-refractivity contribution in [1.29, 1.82) is 5.26 Å². The molecule has 0 aromatic heterocycles. The van der Waals surface area contributed by atoms with Gasteiger partial charge in [0, 0.05) is 32.6 Å². The number of nitriles is 1. The van der Waals surface area contributed by atoms with Crippen LogP contribution in [0.5, 0.6) is 0 Å². The molecule has 2 aliphatic rings. The molecule has 8 nitrogen and oxygen atoms in total. The minimum atomic E-state index is -0.552. The lowest BCUT2D eigenvalue weighted by Crippen LogP contribution is -2.51. The molecule has 0 unspecified atom stereocenters. The average Bonchev–Trinajstić information content (AvgIpc) is 3.11. The van der Waals surface area contributed by atoms with Gasteiger partial charge in [-0.1, -0.05) is 12.1 Å². The van der Waals surface area contributed by atoms with Crippen LogP contribution in [-0.2, 0) is 20.9 Å². The maximum Gasteiger partial charge on any atom is 0.407 e. The number of piperidine rings is 1. The predicted molar refractivity (Wildman–Crippen MR) is 118 cm³/mol. The Labute approximate surface area is 189 Å². The highest BCUT2D eigenvalue weighted by Gasteiger charge is 2.39. The molecule has 1 aromatic carbocycles. The molecule has 0 saturated carbocycles. The molecule has 32 heavy (non-hydrogen) atoms. The summed E-state index contributed by atoms with van der Waals surface area (Å²) in [5.74, 6) is 0.0817. The van der Waals surface area contributed by atoms with E-state index < -0.39 is 17.7 Å². The van der Waals surface area contributed by atoms with Crippen molar-refractivity contribution in [3.8, 4) is 6.07 Å². The van der Waals surface area contributed by atoms with Crippen LogP contribution in [0, 0.1) is 17.2 Å². The van der Waals surface area contributed by atoms with Crippen molar-refractivity contribution in [1.82, 2.24) is 15.1 Å². The van der Waals surface area contributed by atoms with Crippen LogP contribution < -0.4 is 5.32 Å². The number of alkyl carbamates (subject to hydrolysis) is 1. The Morgan fingerprint density at radius 2 is 2.06 bits per heavy atom. The zero-order chi connectivity index (χ0) is 23.3. The quantitative estimate of drug-likeness (QED) is 0.758. The van der Waals surface area contributed by atoms with E-state index in [1.807, 2.05) is 31.7 Å². The summed E-state index contributed by atoms with van der Waals surface area (Å²) in [5.41, 5.74) is 0.827. The van der Waals surface area contributed by atoms with Crippen molar-refractivity contribution < 1.29 is 19.1 Å². The Kier molecular flexibility index (Phi) is 7.39. The number of ether oxygens (including phenoxy) is 1. The number of likely N-dealkylation sites (tertiary alicyclic amines) is 2. The Morgan fingerprint density at radius 1 is 1.28 bits per heavy atom. The second kappa shape index (κ2) is 10.0. The van der Waals surface area contributed by atoms with Gasteiger partial charge in [-0.05, 0) is 63.6 Å². The molecule has 3 amide bonds. The minimum Gasteiger partial charge on any atom is -0.444 e. The van der Waals surface area contributed by atoms with Crippen molar-refractivity contribution in [3.63, 3.8) is 0 Å². The third-order valence-electron chi connectivity index (χ3n) is 5.79. The van der Waals surface area contributed by atoms with Crippen LogP contribution in [0.25, 0.3) is 0 Å². The van der Waals surface area contributed by atoms with Gasteiger partial charge in [-0.3, -0.25) is 9.59 Å². The third kappa shape index (κ3) is 6.22. The van der Waals surface area contributed by atoms with E-state index in [2.05, 4.69) is 11.4 Å². The minimum absolute atomic E-state index is 0.0331. The molecule has 0 aliphatic carbocycles. The lowest BCUT2D eigenvalue weighted by molar-refractivity contribution is -0.143. The van der Waals surface area contributed by atoms with E-state index in [9.17, 15) is 14.4 Å². The van der Waals surface area contributed by atoms with Crippen molar-refractivity contribution in [2.75, 3.05) is 19.6 Å². The van der Waals surface area contributed by atoms with Crippen molar-refractivity contribution in [2.45, 2.75) is 64.6 Å². The Hall–Kier alpha value is -3.08. The second-order valence-electron chi connectivity index (χ2n) is 9.56. The van der Waals surface area contributed by atoms with E-state index >= 15 is 0 Å². The first-order chi connectivity index (χ1) is 15.2. The normalized spacial score (nSPS) is 21.2. The molecule has 0 bridgehead atoms. The van der Waals surface area contributed by atoms with E-state index in [0.717, 1.165) is 18.4 Å². The number of amides is 3. The number of nitrogens with one attached hydrogen (secondary N) is 1. The van der Waals surface area contributed by atoms with Gasteiger partial charge in [-0.15, -0.1) is 0 Å². The van der Waals surface area contributed by atoms with Crippen LogP contribution in [0.2, 0.25) is 0 Å². The lowest BCUT2D eigenvalue weighted by atomic mass is 9.97. The number of benzene rings is 1. The molecule has 172 valence electrons. The summed E-state index contributed by atoms with van der Waals surface area (Å²) in [4.78, 5) is 41.2. The molecular weight excluding hydrogens is 408 g/mol. The first-order valence-electron chi connectivity index (χ1n) is 11.2. The van der Waals surface area contributed by atoms with E-state index in [0.29, 0.717) is 44.6 Å². The highest BCUT2D eigenvalue weighted by Crippen LogP contribution is 2.26. The number of carbonyl (C=O) groups is 3. The van der Waals surface area contributed by atoms with E-state index in [-0.39, 0.29) is 17.7 Å². The number of carbonyl (C=O) groups excluding carboxylic acids is 3. The molecule has 2 atom stereocenters. The molecule has 3 rings (SSSR count). The summed E-state index contributed by atoms with van der Waals surface area (Å²) >= 11 is 0. The van der Waals surface area contributed by atoms with Gasteiger partial charge in [-0.25, -0.2) is 4.79 Å². The Morgan fingerprint density at radius 3 is 2.78 bits per heavy atom. The van der Waals surface area contributed by atoms with Crippen molar-refractivity contribution in [3.05, 3.63) is 35.4 Å². The number of hydrogen-bond acceptors (Lipinski definition) is 5. The van der Waals surface area contributed by atoms with Gasteiger partial charge in [0.15, 0.2) is 0 Å². The molecule has 8 heteroatoms. The van der Waals surface area contributed by atoms with E-state index in [1.54, 1.807) is 23.1 Å². The Balaban J connectivity index is 1.59. The van der Waals surface area contributed by atoms with Crippen LogP contribution in [0.1, 0.15) is 57.6 Å². The maximum atomic E-state index is 13.3. The number of nitrogens with zero attached hydrogens (tertiary/aromatic N) is 3. The van der Waals surface area contributed by atoms with E-state index in [1.165, 1.54) is 0 Å². The number of hydrogen-bond donors (Lipinski definition) is 1. The smallest absolute Gasteiger partial charge is 0.407 e. The van der Waals surface area contributed by atoms with E-state index in [4.69, 9.17) is 10.00 Å². The molecule has 2 heterocycles. The molecule has 1 N–H and O–H groups in total. The fourth-order valence-electron chi connectivity index (χ4n) is 4.31. The topological polar surface area (TPSA) is 103 Å². The molecule has 0 spiro atoms. The van der Waals surface area contributed by atoms with Gasteiger partial charge in [0.25, 0.3) is 0 Å². The highest BCUT2D eigenvalue weighted by atomic mass is 16.6. The molecule has 2 saturated heterocycles. The fraction of sp³-hybridized carbons (Fsp3) is 0.583. The van der Waals surface area contributed by atoms with Crippen LogP contribution in [0.4, 0.5) is 4.79 Å². The summed E-state index contributed by atoms with van der Waals surface area (Å²) in [6.45, 7) is 7.44. The summed E-state index contributed by atoms with van der Waals surface area (Å²) in [6.07, 6.45) is 2.19. The second-order valence-corrected chi connectivity index (χ2v) is 9.56. The average molecular weight is 441 g/mol. The molecular formula is C24H32N4O4. The zero-order valence-corrected chi connectivity index (χ0v) is 19.1. The molecule has 2 aliphatic heterocycles. The summed E-state index contributed by atoms with van der Waals surface area (Å²) in [6, 6.07) is 8.76. The predicted octanol–water partition coefficient (Wildman–Crippen LogP) is 2.81. The summed E-state index contributed by atoms with van der Waals surface area (Å²) < 4.78 is 5.29. The van der Waals surface area contributed by atoms with Crippen LogP contribution >= 0.6 is 0 Å². The van der Waals surface area contributed by atoms with Crippen LogP contribution in [0.15, 0.2) is 24.3 Å². The van der Waals surface area contributed by atoms with Gasteiger partial charge in [0.05, 0.1) is 11.6 Å². The maximum absolute atomic E-state index is 13.3. The van der Waals surface area contributed by atoms with Crippen LogP contribution in [-0.4, -0.2) is 59.0 Å². The van der Waals surface area contributed by atoms with Gasteiger partial charge < -0.3 is 19.9 Å².